The van der Waals surface area contributed by atoms with Crippen LogP contribution >= 0.6 is 23.2 Å². The van der Waals surface area contributed by atoms with E-state index in [9.17, 15) is 26.7 Å². The molecule has 2 aromatic heterocycles. The third kappa shape index (κ3) is 5.14. The zero-order chi connectivity index (χ0) is 27.0. The number of anilines is 1. The molecule has 0 saturated heterocycles. The number of carbonyl (C=O) groups is 1. The first-order chi connectivity index (χ1) is 17.5. The molecule has 4 rings (SSSR count). The number of hydrogen-bond donors (Lipinski definition) is 1. The Kier molecular flexibility index (Phi) is 7.47. The quantitative estimate of drug-likeness (QED) is 0.151. The second-order valence-electron chi connectivity index (χ2n) is 7.81. The third-order valence-electron chi connectivity index (χ3n) is 5.40. The molecule has 6 nitrogen and oxygen atoms in total. The van der Waals surface area contributed by atoms with Crippen molar-refractivity contribution in [3.8, 4) is 5.75 Å². The molecule has 4 aromatic rings. The third-order valence-corrected chi connectivity index (χ3v) is 6.20. The minimum absolute atomic E-state index is 0.0503. The van der Waals surface area contributed by atoms with Crippen LogP contribution in [-0.2, 0) is 13.2 Å². The van der Waals surface area contributed by atoms with Gasteiger partial charge >= 0.3 is 0 Å². The van der Waals surface area contributed by atoms with E-state index >= 15 is 0 Å². The molecular formula is C24H16Cl2F5N3O3. The summed E-state index contributed by atoms with van der Waals surface area (Å²) in [5.74, 6) is -10.4. The van der Waals surface area contributed by atoms with E-state index in [1.165, 1.54) is 26.0 Å². The van der Waals surface area contributed by atoms with Crippen LogP contribution in [0, 0.1) is 42.9 Å². The molecule has 13 heteroatoms. The van der Waals surface area contributed by atoms with Crippen LogP contribution < -0.4 is 10.1 Å². The monoisotopic (exact) mass is 559 g/mol. The summed E-state index contributed by atoms with van der Waals surface area (Å²) in [7, 11) is 0. The second kappa shape index (κ2) is 10.4. The van der Waals surface area contributed by atoms with Gasteiger partial charge in [0.15, 0.2) is 29.0 Å². The van der Waals surface area contributed by atoms with Crippen LogP contribution in [0.1, 0.15) is 33.3 Å². The van der Waals surface area contributed by atoms with E-state index in [4.69, 9.17) is 32.4 Å². The largest absolute Gasteiger partial charge is 0.484 e. The molecule has 0 aliphatic carbocycles. The summed E-state index contributed by atoms with van der Waals surface area (Å²) in [6.45, 7) is 2.14. The van der Waals surface area contributed by atoms with Crippen LogP contribution in [0.4, 0.5) is 27.6 Å². The van der Waals surface area contributed by atoms with E-state index in [0.29, 0.717) is 16.5 Å². The van der Waals surface area contributed by atoms with Gasteiger partial charge in [-0.3, -0.25) is 9.48 Å². The Morgan fingerprint density at radius 3 is 2.32 bits per heavy atom. The van der Waals surface area contributed by atoms with E-state index in [1.54, 1.807) is 18.2 Å². The number of nitrogens with zero attached hydrogens (tertiary/aromatic N) is 2. The fourth-order valence-electron chi connectivity index (χ4n) is 3.47. The van der Waals surface area contributed by atoms with E-state index in [-0.39, 0.29) is 34.5 Å². The van der Waals surface area contributed by atoms with Crippen molar-refractivity contribution in [1.82, 2.24) is 9.78 Å². The zero-order valence-electron chi connectivity index (χ0n) is 19.1. The number of benzene rings is 2. The topological polar surface area (TPSA) is 69.3 Å². The second-order valence-corrected chi connectivity index (χ2v) is 8.60. The summed E-state index contributed by atoms with van der Waals surface area (Å²) in [4.78, 5) is 12.7. The lowest BCUT2D eigenvalue weighted by molar-refractivity contribution is 0.0992. The maximum absolute atomic E-state index is 14.1. The molecule has 0 saturated carbocycles. The van der Waals surface area contributed by atoms with Gasteiger partial charge in [0.05, 0.1) is 34.2 Å². The lowest BCUT2D eigenvalue weighted by atomic mass is 10.1. The Morgan fingerprint density at radius 2 is 1.65 bits per heavy atom. The number of hydrogen-bond acceptors (Lipinski definition) is 4. The molecule has 0 aliphatic heterocycles. The van der Waals surface area contributed by atoms with E-state index in [1.807, 2.05) is 0 Å². The van der Waals surface area contributed by atoms with Crippen LogP contribution in [0.5, 0.6) is 5.75 Å². The van der Waals surface area contributed by atoms with Gasteiger partial charge in [0.25, 0.3) is 5.91 Å². The SMILES string of the molecule is Cc1nn(Cc2c(F)c(F)c(F)c(F)c2F)c(C)c1NC(=O)c1ccc(COc2cccc(Cl)c2Cl)o1. The Morgan fingerprint density at radius 1 is 1.00 bits per heavy atom. The highest BCUT2D eigenvalue weighted by Crippen LogP contribution is 2.32. The average Bonchev–Trinajstić information content (AvgIpc) is 3.45. The fourth-order valence-corrected chi connectivity index (χ4v) is 3.81. The standard InChI is InChI=1S/C24H16Cl2F5N3O3/c1-10-23(11(2)34(33-10)8-13-18(27)20(29)22(31)21(30)19(13)28)32-24(35)16-7-6-12(37-16)9-36-15-5-3-4-14(25)17(15)26/h3-7H,8-9H2,1-2H3,(H,32,35). The van der Waals surface area contributed by atoms with Crippen LogP contribution in [0.3, 0.4) is 0 Å². The predicted molar refractivity (Wildman–Crippen MR) is 124 cm³/mol. The van der Waals surface area contributed by atoms with Gasteiger partial charge in [0.1, 0.15) is 23.1 Å². The minimum atomic E-state index is -2.25. The number of aryl methyl sites for hydroxylation is 1. The van der Waals surface area contributed by atoms with Crippen LogP contribution in [-0.4, -0.2) is 15.7 Å². The number of carbonyl (C=O) groups excluding carboxylic acids is 1. The van der Waals surface area contributed by atoms with Gasteiger partial charge in [-0.1, -0.05) is 29.3 Å². The Bertz CT molecular complexity index is 1490. The molecule has 194 valence electrons. The molecule has 2 aromatic carbocycles. The highest BCUT2D eigenvalue weighted by atomic mass is 35.5. The zero-order valence-corrected chi connectivity index (χ0v) is 20.6. The maximum atomic E-state index is 14.1. The van der Waals surface area contributed by atoms with Gasteiger partial charge < -0.3 is 14.5 Å². The summed E-state index contributed by atoms with van der Waals surface area (Å²) in [6, 6.07) is 7.78. The van der Waals surface area contributed by atoms with Crippen molar-refractivity contribution in [3.63, 3.8) is 0 Å². The highest BCUT2D eigenvalue weighted by molar-refractivity contribution is 6.42. The average molecular weight is 560 g/mol. The van der Waals surface area contributed by atoms with Gasteiger partial charge in [0, 0.05) is 0 Å². The molecule has 0 unspecified atom stereocenters. The van der Waals surface area contributed by atoms with Crippen LogP contribution in [0.2, 0.25) is 10.0 Å². The van der Waals surface area contributed by atoms with Gasteiger partial charge in [-0.15, -0.1) is 0 Å². The molecule has 0 atom stereocenters. The van der Waals surface area contributed by atoms with Crippen molar-refractivity contribution < 1.29 is 35.9 Å². The van der Waals surface area contributed by atoms with Gasteiger partial charge in [-0.2, -0.15) is 5.10 Å². The normalized spacial score (nSPS) is 11.2. The van der Waals surface area contributed by atoms with Crippen molar-refractivity contribution in [2.45, 2.75) is 27.0 Å². The Labute approximate surface area is 216 Å². The van der Waals surface area contributed by atoms with Gasteiger partial charge in [-0.25, -0.2) is 22.0 Å². The van der Waals surface area contributed by atoms with Crippen molar-refractivity contribution in [1.29, 1.82) is 0 Å². The molecule has 1 amide bonds. The molecule has 0 aliphatic rings. The summed E-state index contributed by atoms with van der Waals surface area (Å²) in [5, 5.41) is 7.17. The molecule has 0 radical (unpaired) electrons. The van der Waals surface area contributed by atoms with E-state index < -0.39 is 47.1 Å². The number of halogens is 7. The first kappa shape index (κ1) is 26.5. The minimum Gasteiger partial charge on any atom is -0.484 e. The van der Waals surface area contributed by atoms with Crippen molar-refractivity contribution in [2.24, 2.45) is 0 Å². The number of furan rings is 1. The highest BCUT2D eigenvalue weighted by Gasteiger charge is 2.27. The Balaban J connectivity index is 1.49. The first-order valence-electron chi connectivity index (χ1n) is 10.5. The number of rotatable bonds is 7. The summed E-state index contributed by atoms with van der Waals surface area (Å²) >= 11 is 12.0. The fraction of sp³-hybridized carbons (Fsp3) is 0.167. The maximum Gasteiger partial charge on any atom is 0.291 e. The lowest BCUT2D eigenvalue weighted by Gasteiger charge is -2.10. The van der Waals surface area contributed by atoms with Crippen molar-refractivity contribution >= 4 is 34.8 Å². The summed E-state index contributed by atoms with van der Waals surface area (Å²) in [5.41, 5.74) is -0.440. The molecule has 37 heavy (non-hydrogen) atoms. The molecule has 1 N–H and O–H groups in total. The molecular weight excluding hydrogens is 544 g/mol. The molecule has 0 fully saturated rings. The molecule has 0 bridgehead atoms. The lowest BCUT2D eigenvalue weighted by Crippen LogP contribution is -2.14. The molecule has 0 spiro atoms. The number of aromatic nitrogens is 2. The van der Waals surface area contributed by atoms with Gasteiger partial charge in [0.2, 0.25) is 5.82 Å². The number of nitrogens with one attached hydrogen (secondary N) is 1. The first-order valence-corrected chi connectivity index (χ1v) is 11.3. The van der Waals surface area contributed by atoms with Crippen LogP contribution in [0.25, 0.3) is 0 Å². The number of amides is 1. The van der Waals surface area contributed by atoms with Crippen LogP contribution in [0.15, 0.2) is 34.7 Å². The summed E-state index contributed by atoms with van der Waals surface area (Å²) < 4.78 is 80.7. The van der Waals surface area contributed by atoms with Gasteiger partial charge in [-0.05, 0) is 38.1 Å². The van der Waals surface area contributed by atoms with Crippen molar-refractivity contribution in [2.75, 3.05) is 5.32 Å². The number of ether oxygens (including phenoxy) is 1. The Hall–Kier alpha value is -3.57. The molecule has 2 heterocycles. The smallest absolute Gasteiger partial charge is 0.291 e. The van der Waals surface area contributed by atoms with Crippen molar-refractivity contribution in [3.05, 3.63) is 97.9 Å². The van der Waals surface area contributed by atoms with E-state index in [0.717, 1.165) is 4.68 Å². The van der Waals surface area contributed by atoms with E-state index in [2.05, 4.69) is 10.4 Å². The predicted octanol–water partition coefficient (Wildman–Crippen LogP) is 6.97. The summed E-state index contributed by atoms with van der Waals surface area (Å²) in [6.07, 6.45) is 0.